The number of nitrogens with zero attached hydrogens (tertiary/aromatic N) is 3. The first-order chi connectivity index (χ1) is 13.7. The van der Waals surface area contributed by atoms with Crippen LogP contribution >= 0.6 is 0 Å². The van der Waals surface area contributed by atoms with Crippen LogP contribution in [0.15, 0.2) is 47.5 Å². The summed E-state index contributed by atoms with van der Waals surface area (Å²) in [7, 11) is -0.388. The van der Waals surface area contributed by atoms with Gasteiger partial charge < -0.3 is 15.2 Å². The molecular formula is C20H26N4O4S. The van der Waals surface area contributed by atoms with Crippen molar-refractivity contribution in [3.63, 3.8) is 0 Å². The fraction of sp³-hybridized carbons (Fsp3) is 0.400. The number of aryl methyl sites for hydroxylation is 1. The van der Waals surface area contributed by atoms with Gasteiger partial charge in [0.05, 0.1) is 0 Å². The van der Waals surface area contributed by atoms with Crippen LogP contribution in [0.2, 0.25) is 0 Å². The van der Waals surface area contributed by atoms with E-state index in [-0.39, 0.29) is 35.5 Å². The highest BCUT2D eigenvalue weighted by molar-refractivity contribution is 7.89. The lowest BCUT2D eigenvalue weighted by atomic mass is 9.96. The number of piperidine rings is 1. The van der Waals surface area contributed by atoms with E-state index < -0.39 is 15.9 Å². The van der Waals surface area contributed by atoms with Gasteiger partial charge in [0.15, 0.2) is 0 Å². The third-order valence-corrected chi connectivity index (χ3v) is 7.18. The lowest BCUT2D eigenvalue weighted by Crippen LogP contribution is -2.43. The van der Waals surface area contributed by atoms with Gasteiger partial charge in [-0.05, 0) is 24.5 Å². The summed E-state index contributed by atoms with van der Waals surface area (Å²) in [5, 5.41) is 0. The highest BCUT2D eigenvalue weighted by Crippen LogP contribution is 2.26. The van der Waals surface area contributed by atoms with Crippen molar-refractivity contribution in [3.05, 3.63) is 53.9 Å². The molecule has 1 aliphatic rings. The van der Waals surface area contributed by atoms with E-state index in [1.165, 1.54) is 21.1 Å². The number of rotatable bonds is 6. The minimum Gasteiger partial charge on any atom is -0.364 e. The molecule has 0 spiro atoms. The number of amides is 2. The molecule has 1 aromatic heterocycles. The van der Waals surface area contributed by atoms with Crippen molar-refractivity contribution in [1.82, 2.24) is 13.8 Å². The zero-order valence-corrected chi connectivity index (χ0v) is 17.4. The summed E-state index contributed by atoms with van der Waals surface area (Å²) in [5.41, 5.74) is 6.46. The maximum atomic E-state index is 12.9. The molecule has 8 nitrogen and oxygen atoms in total. The van der Waals surface area contributed by atoms with E-state index in [1.54, 1.807) is 19.0 Å². The third kappa shape index (κ3) is 4.51. The van der Waals surface area contributed by atoms with Gasteiger partial charge in [0.1, 0.15) is 10.6 Å². The van der Waals surface area contributed by atoms with Crippen molar-refractivity contribution < 1.29 is 18.0 Å². The van der Waals surface area contributed by atoms with E-state index in [2.05, 4.69) is 0 Å². The van der Waals surface area contributed by atoms with Crippen molar-refractivity contribution in [1.29, 1.82) is 0 Å². The fourth-order valence-electron chi connectivity index (χ4n) is 3.66. The van der Waals surface area contributed by atoms with Gasteiger partial charge in [0.2, 0.25) is 15.9 Å². The van der Waals surface area contributed by atoms with Gasteiger partial charge >= 0.3 is 0 Å². The lowest BCUT2D eigenvalue weighted by molar-refractivity contribution is -0.135. The van der Waals surface area contributed by atoms with E-state index in [9.17, 15) is 18.0 Å². The average molecular weight is 419 g/mol. The molecule has 0 unspecified atom stereocenters. The molecule has 0 saturated carbocycles. The van der Waals surface area contributed by atoms with Gasteiger partial charge in [-0.3, -0.25) is 9.59 Å². The van der Waals surface area contributed by atoms with Crippen molar-refractivity contribution >= 4 is 21.8 Å². The first kappa shape index (κ1) is 21.1. The van der Waals surface area contributed by atoms with Gasteiger partial charge in [0.25, 0.3) is 5.91 Å². The van der Waals surface area contributed by atoms with Crippen LogP contribution in [-0.2, 0) is 28.4 Å². The SMILES string of the molecule is CN(Cc1ccccc1)C(=O)C1CCN(S(=O)(=O)c2cc(C(N)=O)n(C)c2)CC1. The molecule has 1 aliphatic heterocycles. The van der Waals surface area contributed by atoms with Crippen LogP contribution in [0.3, 0.4) is 0 Å². The molecule has 156 valence electrons. The van der Waals surface area contributed by atoms with E-state index in [0.29, 0.717) is 19.4 Å². The maximum absolute atomic E-state index is 12.9. The Morgan fingerprint density at radius 3 is 2.34 bits per heavy atom. The number of carbonyl (C=O) groups excluding carboxylic acids is 2. The molecule has 1 fully saturated rings. The summed E-state index contributed by atoms with van der Waals surface area (Å²) < 4.78 is 28.6. The topological polar surface area (TPSA) is 106 Å². The largest absolute Gasteiger partial charge is 0.364 e. The smallest absolute Gasteiger partial charge is 0.265 e. The Hall–Kier alpha value is -2.65. The minimum atomic E-state index is -3.74. The predicted molar refractivity (Wildman–Crippen MR) is 108 cm³/mol. The Kier molecular flexibility index (Phi) is 6.09. The number of nitrogens with two attached hydrogens (primary N) is 1. The van der Waals surface area contributed by atoms with Gasteiger partial charge in [-0.15, -0.1) is 0 Å². The van der Waals surface area contributed by atoms with Crippen molar-refractivity contribution in [2.45, 2.75) is 24.3 Å². The van der Waals surface area contributed by atoms with Gasteiger partial charge in [-0.25, -0.2) is 8.42 Å². The number of sulfonamides is 1. The number of hydrogen-bond acceptors (Lipinski definition) is 4. The number of benzene rings is 1. The first-order valence-corrected chi connectivity index (χ1v) is 10.9. The molecule has 3 rings (SSSR count). The van der Waals surface area contributed by atoms with Crippen LogP contribution in [0, 0.1) is 5.92 Å². The zero-order valence-electron chi connectivity index (χ0n) is 16.6. The number of hydrogen-bond donors (Lipinski definition) is 1. The van der Waals surface area contributed by atoms with Gasteiger partial charge in [-0.1, -0.05) is 30.3 Å². The number of carbonyl (C=O) groups is 2. The summed E-state index contributed by atoms with van der Waals surface area (Å²) in [6.45, 7) is 1.05. The highest BCUT2D eigenvalue weighted by Gasteiger charge is 2.34. The molecular weight excluding hydrogens is 392 g/mol. The summed E-state index contributed by atoms with van der Waals surface area (Å²) in [6, 6.07) is 11.0. The Labute approximate surface area is 170 Å². The van der Waals surface area contributed by atoms with Crippen LogP contribution in [0.4, 0.5) is 0 Å². The Bertz CT molecular complexity index is 993. The van der Waals surface area contributed by atoms with E-state index in [0.717, 1.165) is 5.56 Å². The summed E-state index contributed by atoms with van der Waals surface area (Å²) in [5.74, 6) is -0.853. The average Bonchev–Trinajstić information content (AvgIpc) is 3.11. The molecule has 2 heterocycles. The Morgan fingerprint density at radius 2 is 1.79 bits per heavy atom. The molecule has 1 aromatic carbocycles. The van der Waals surface area contributed by atoms with E-state index in [1.807, 2.05) is 30.3 Å². The summed E-state index contributed by atoms with van der Waals surface area (Å²) in [4.78, 5) is 25.9. The zero-order chi connectivity index (χ0) is 21.2. The molecule has 2 aromatic rings. The second-order valence-electron chi connectivity index (χ2n) is 7.39. The van der Waals surface area contributed by atoms with Crippen molar-refractivity contribution in [2.24, 2.45) is 18.7 Å². The van der Waals surface area contributed by atoms with E-state index in [4.69, 9.17) is 5.73 Å². The Balaban J connectivity index is 1.63. The predicted octanol–water partition coefficient (Wildman–Crippen LogP) is 1.18. The highest BCUT2D eigenvalue weighted by atomic mass is 32.2. The van der Waals surface area contributed by atoms with Crippen LogP contribution in [-0.4, -0.2) is 54.1 Å². The lowest BCUT2D eigenvalue weighted by Gasteiger charge is -2.32. The molecule has 0 radical (unpaired) electrons. The second kappa shape index (κ2) is 8.38. The van der Waals surface area contributed by atoms with Gasteiger partial charge in [0, 0.05) is 45.8 Å². The summed E-state index contributed by atoms with van der Waals surface area (Å²) >= 11 is 0. The monoisotopic (exact) mass is 418 g/mol. The first-order valence-electron chi connectivity index (χ1n) is 9.45. The molecule has 0 aliphatic carbocycles. The normalized spacial score (nSPS) is 15.9. The van der Waals surface area contributed by atoms with Gasteiger partial charge in [-0.2, -0.15) is 4.31 Å². The molecule has 29 heavy (non-hydrogen) atoms. The molecule has 9 heteroatoms. The van der Waals surface area contributed by atoms with Crippen LogP contribution in [0.1, 0.15) is 28.9 Å². The molecule has 0 atom stereocenters. The molecule has 0 bridgehead atoms. The number of primary amides is 1. The standard InChI is InChI=1S/C20H26N4O4S/c1-22-14-17(12-18(22)19(21)25)29(27,28)24-10-8-16(9-11-24)20(26)23(2)13-15-6-4-3-5-7-15/h3-7,12,14,16H,8-11,13H2,1-2H3,(H2,21,25). The van der Waals surface area contributed by atoms with Crippen molar-refractivity contribution in [3.8, 4) is 0 Å². The van der Waals surface area contributed by atoms with Crippen LogP contribution in [0.5, 0.6) is 0 Å². The van der Waals surface area contributed by atoms with Crippen molar-refractivity contribution in [2.75, 3.05) is 20.1 Å². The van der Waals surface area contributed by atoms with Crippen LogP contribution < -0.4 is 5.73 Å². The van der Waals surface area contributed by atoms with Crippen LogP contribution in [0.25, 0.3) is 0 Å². The second-order valence-corrected chi connectivity index (χ2v) is 9.33. The maximum Gasteiger partial charge on any atom is 0.265 e. The fourth-order valence-corrected chi connectivity index (χ4v) is 5.20. The number of aromatic nitrogens is 1. The molecule has 1 saturated heterocycles. The minimum absolute atomic E-state index is 0.0293. The molecule has 2 N–H and O–H groups in total. The quantitative estimate of drug-likeness (QED) is 0.760. The summed E-state index contributed by atoms with van der Waals surface area (Å²) in [6.07, 6.45) is 2.32. The van der Waals surface area contributed by atoms with E-state index >= 15 is 0 Å². The third-order valence-electron chi connectivity index (χ3n) is 5.31. The Morgan fingerprint density at radius 1 is 1.17 bits per heavy atom. The molecule has 2 amide bonds.